The lowest BCUT2D eigenvalue weighted by Gasteiger charge is -2.02. The maximum Gasteiger partial charge on any atom is 0.250 e. The van der Waals surface area contributed by atoms with Crippen molar-refractivity contribution in [2.45, 2.75) is 0 Å². The van der Waals surface area contributed by atoms with Crippen LogP contribution in [0.3, 0.4) is 0 Å². The standard InChI is InChI=1S/C16H13N7/c17-15-21-16(22-23(15)14-7-3-4-10-18-14)20-13-9-8-11-5-1-2-6-12(11)19-13/h1-10H,(H3,17,19,20,21,22). The van der Waals surface area contributed by atoms with E-state index in [0.29, 0.717) is 17.6 Å². The van der Waals surface area contributed by atoms with Crippen molar-refractivity contribution in [1.82, 2.24) is 24.7 Å². The van der Waals surface area contributed by atoms with Gasteiger partial charge in [0.25, 0.3) is 0 Å². The lowest BCUT2D eigenvalue weighted by atomic mass is 10.2. The Bertz CT molecular complexity index is 963. The summed E-state index contributed by atoms with van der Waals surface area (Å²) in [5.74, 6) is 1.89. The molecule has 0 saturated carbocycles. The van der Waals surface area contributed by atoms with Gasteiger partial charge >= 0.3 is 0 Å². The second kappa shape index (κ2) is 5.38. The second-order valence-electron chi connectivity index (χ2n) is 4.91. The number of rotatable bonds is 3. The Hall–Kier alpha value is -3.48. The van der Waals surface area contributed by atoms with E-state index in [1.165, 1.54) is 4.68 Å². The van der Waals surface area contributed by atoms with E-state index in [2.05, 4.69) is 25.4 Å². The third kappa shape index (κ3) is 2.55. The van der Waals surface area contributed by atoms with Gasteiger partial charge in [0.2, 0.25) is 11.9 Å². The van der Waals surface area contributed by atoms with Gasteiger partial charge in [0.05, 0.1) is 5.52 Å². The zero-order chi connectivity index (χ0) is 15.6. The number of hydrogen-bond donors (Lipinski definition) is 2. The molecule has 4 rings (SSSR count). The monoisotopic (exact) mass is 303 g/mol. The molecule has 0 aliphatic rings. The first-order chi connectivity index (χ1) is 11.3. The SMILES string of the molecule is Nc1nc(Nc2ccc3ccccc3n2)nn1-c1ccccn1. The molecule has 0 fully saturated rings. The number of anilines is 3. The van der Waals surface area contributed by atoms with E-state index in [1.54, 1.807) is 6.20 Å². The molecular formula is C16H13N7. The molecule has 0 atom stereocenters. The predicted octanol–water partition coefficient (Wildman–Crippen LogP) is 2.54. The largest absolute Gasteiger partial charge is 0.368 e. The summed E-state index contributed by atoms with van der Waals surface area (Å²) in [5, 5.41) is 8.46. The van der Waals surface area contributed by atoms with Gasteiger partial charge in [0.15, 0.2) is 5.82 Å². The normalized spacial score (nSPS) is 10.8. The Kier molecular flexibility index (Phi) is 3.09. The van der Waals surface area contributed by atoms with E-state index in [0.717, 1.165) is 10.9 Å². The third-order valence-electron chi connectivity index (χ3n) is 3.34. The van der Waals surface area contributed by atoms with Crippen molar-refractivity contribution in [1.29, 1.82) is 0 Å². The van der Waals surface area contributed by atoms with Crippen LogP contribution in [-0.2, 0) is 0 Å². The quantitative estimate of drug-likeness (QED) is 0.604. The molecule has 7 nitrogen and oxygen atoms in total. The van der Waals surface area contributed by atoms with Crippen LogP contribution in [0, 0.1) is 0 Å². The molecule has 0 spiro atoms. The molecule has 0 radical (unpaired) electrons. The minimum absolute atomic E-state index is 0.256. The van der Waals surface area contributed by atoms with Crippen LogP contribution in [0.1, 0.15) is 0 Å². The first-order valence-electron chi connectivity index (χ1n) is 7.06. The molecule has 4 aromatic rings. The van der Waals surface area contributed by atoms with Crippen molar-refractivity contribution in [3.05, 3.63) is 60.8 Å². The molecule has 1 aromatic carbocycles. The van der Waals surface area contributed by atoms with Crippen LogP contribution in [0.4, 0.5) is 17.7 Å². The number of pyridine rings is 2. The molecule has 0 bridgehead atoms. The van der Waals surface area contributed by atoms with Gasteiger partial charge in [-0.1, -0.05) is 24.3 Å². The number of nitrogens with zero attached hydrogens (tertiary/aromatic N) is 5. The first-order valence-corrected chi connectivity index (χ1v) is 7.06. The van der Waals surface area contributed by atoms with Crippen LogP contribution in [0.5, 0.6) is 0 Å². The summed E-state index contributed by atoms with van der Waals surface area (Å²) in [7, 11) is 0. The zero-order valence-corrected chi connectivity index (χ0v) is 12.1. The average Bonchev–Trinajstić information content (AvgIpc) is 2.96. The summed E-state index contributed by atoms with van der Waals surface area (Å²) in [5.41, 5.74) is 6.80. The van der Waals surface area contributed by atoms with Gasteiger partial charge in [-0.2, -0.15) is 9.67 Å². The first kappa shape index (κ1) is 13.2. The maximum atomic E-state index is 5.91. The fourth-order valence-corrected chi connectivity index (χ4v) is 2.27. The molecule has 0 aliphatic carbocycles. The summed E-state index contributed by atoms with van der Waals surface area (Å²) in [6.07, 6.45) is 1.68. The summed E-state index contributed by atoms with van der Waals surface area (Å²) in [6, 6.07) is 17.3. The number of aromatic nitrogens is 5. The molecule has 0 saturated heterocycles. The average molecular weight is 303 g/mol. The highest BCUT2D eigenvalue weighted by Crippen LogP contribution is 2.18. The Morgan fingerprint density at radius 3 is 2.65 bits per heavy atom. The zero-order valence-electron chi connectivity index (χ0n) is 12.1. The highest BCUT2D eigenvalue weighted by Gasteiger charge is 2.10. The van der Waals surface area contributed by atoms with Crippen LogP contribution >= 0.6 is 0 Å². The van der Waals surface area contributed by atoms with Crippen molar-refractivity contribution in [3.8, 4) is 5.82 Å². The van der Waals surface area contributed by atoms with Crippen molar-refractivity contribution < 1.29 is 0 Å². The highest BCUT2D eigenvalue weighted by atomic mass is 15.4. The Morgan fingerprint density at radius 2 is 1.78 bits per heavy atom. The smallest absolute Gasteiger partial charge is 0.250 e. The van der Waals surface area contributed by atoms with Gasteiger partial charge in [-0.15, -0.1) is 5.10 Å². The van der Waals surface area contributed by atoms with Crippen molar-refractivity contribution in [2.24, 2.45) is 0 Å². The summed E-state index contributed by atoms with van der Waals surface area (Å²) < 4.78 is 1.48. The van der Waals surface area contributed by atoms with Gasteiger partial charge in [0.1, 0.15) is 5.82 Å². The highest BCUT2D eigenvalue weighted by molar-refractivity contribution is 5.80. The molecule has 0 amide bonds. The molecule has 3 heterocycles. The van der Waals surface area contributed by atoms with E-state index in [9.17, 15) is 0 Å². The molecule has 3 N–H and O–H groups in total. The number of nitrogen functional groups attached to an aromatic ring is 1. The fraction of sp³-hybridized carbons (Fsp3) is 0. The molecule has 23 heavy (non-hydrogen) atoms. The lowest BCUT2D eigenvalue weighted by molar-refractivity contribution is 0.859. The second-order valence-corrected chi connectivity index (χ2v) is 4.91. The number of nitrogens with one attached hydrogen (secondary N) is 1. The predicted molar refractivity (Wildman–Crippen MR) is 88.6 cm³/mol. The van der Waals surface area contributed by atoms with Crippen LogP contribution in [0.2, 0.25) is 0 Å². The van der Waals surface area contributed by atoms with Crippen molar-refractivity contribution >= 4 is 28.6 Å². The third-order valence-corrected chi connectivity index (χ3v) is 3.34. The van der Waals surface area contributed by atoms with Gasteiger partial charge in [-0.3, -0.25) is 0 Å². The topological polar surface area (TPSA) is 94.5 Å². The van der Waals surface area contributed by atoms with E-state index >= 15 is 0 Å². The number of hydrogen-bond acceptors (Lipinski definition) is 6. The Balaban J connectivity index is 1.66. The minimum Gasteiger partial charge on any atom is -0.368 e. The summed E-state index contributed by atoms with van der Waals surface area (Å²) in [4.78, 5) is 12.9. The van der Waals surface area contributed by atoms with E-state index in [4.69, 9.17) is 5.73 Å². The number of nitrogens with two attached hydrogens (primary N) is 1. The maximum absolute atomic E-state index is 5.91. The molecule has 0 unspecified atom stereocenters. The molecular weight excluding hydrogens is 290 g/mol. The van der Waals surface area contributed by atoms with Crippen molar-refractivity contribution in [3.63, 3.8) is 0 Å². The van der Waals surface area contributed by atoms with Gasteiger partial charge in [-0.05, 0) is 30.3 Å². The van der Waals surface area contributed by atoms with E-state index in [1.807, 2.05) is 54.6 Å². The van der Waals surface area contributed by atoms with E-state index in [-0.39, 0.29) is 5.95 Å². The number of para-hydroxylation sites is 1. The van der Waals surface area contributed by atoms with Gasteiger partial charge in [0, 0.05) is 11.6 Å². The lowest BCUT2D eigenvalue weighted by Crippen LogP contribution is -2.04. The Morgan fingerprint density at radius 1 is 0.913 bits per heavy atom. The summed E-state index contributed by atoms with van der Waals surface area (Å²) >= 11 is 0. The molecule has 3 aromatic heterocycles. The van der Waals surface area contributed by atoms with Gasteiger partial charge in [-0.25, -0.2) is 9.97 Å². The molecule has 0 aliphatic heterocycles. The summed E-state index contributed by atoms with van der Waals surface area (Å²) in [6.45, 7) is 0. The van der Waals surface area contributed by atoms with Gasteiger partial charge < -0.3 is 11.1 Å². The molecule has 112 valence electrons. The Labute approximate surface area is 131 Å². The van der Waals surface area contributed by atoms with Crippen LogP contribution in [0.15, 0.2) is 60.8 Å². The fourth-order valence-electron chi connectivity index (χ4n) is 2.27. The minimum atomic E-state index is 0.256. The number of fused-ring (bicyclic) bond motifs is 1. The van der Waals surface area contributed by atoms with E-state index < -0.39 is 0 Å². The van der Waals surface area contributed by atoms with Crippen LogP contribution < -0.4 is 11.1 Å². The van der Waals surface area contributed by atoms with Crippen LogP contribution in [-0.4, -0.2) is 24.7 Å². The van der Waals surface area contributed by atoms with Crippen molar-refractivity contribution in [2.75, 3.05) is 11.1 Å². The van der Waals surface area contributed by atoms with Crippen LogP contribution in [0.25, 0.3) is 16.7 Å². The molecule has 7 heteroatoms. The number of benzene rings is 1.